The van der Waals surface area contributed by atoms with Crippen molar-refractivity contribution >= 4 is 40.3 Å². The largest absolute Gasteiger partial charge is 0.342 e. The monoisotopic (exact) mass is 472 g/mol. The van der Waals surface area contributed by atoms with Crippen LogP contribution in [0.15, 0.2) is 51.6 Å². The Balaban J connectivity index is 1.74. The fourth-order valence-corrected chi connectivity index (χ4v) is 5.71. The summed E-state index contributed by atoms with van der Waals surface area (Å²) in [5, 5.41) is 3.42. The molecule has 3 heterocycles. The van der Waals surface area contributed by atoms with E-state index in [0.29, 0.717) is 35.8 Å². The van der Waals surface area contributed by atoms with Gasteiger partial charge in [-0.2, -0.15) is 0 Å². The van der Waals surface area contributed by atoms with E-state index in [1.807, 2.05) is 60.2 Å². The molecule has 170 valence electrons. The van der Waals surface area contributed by atoms with E-state index in [0.717, 1.165) is 42.4 Å². The first-order chi connectivity index (χ1) is 15.4. The van der Waals surface area contributed by atoms with E-state index < -0.39 is 0 Å². The second-order valence-corrected chi connectivity index (χ2v) is 9.46. The van der Waals surface area contributed by atoms with Gasteiger partial charge in [-0.15, -0.1) is 0 Å². The molecule has 1 saturated heterocycles. The minimum absolute atomic E-state index is 0.0256. The van der Waals surface area contributed by atoms with Crippen LogP contribution in [0.2, 0.25) is 5.02 Å². The number of carbonyl (C=O) groups is 2. The van der Waals surface area contributed by atoms with Gasteiger partial charge in [-0.1, -0.05) is 35.5 Å². The maximum Gasteiger partial charge on any atom is 0.254 e. The Labute approximate surface area is 199 Å². The summed E-state index contributed by atoms with van der Waals surface area (Å²) in [7, 11) is 0. The highest BCUT2D eigenvalue weighted by atomic mass is 35.5. The number of fused-ring (bicyclic) bond motifs is 1. The molecule has 0 radical (unpaired) electrons. The molecule has 4 rings (SSSR count). The van der Waals surface area contributed by atoms with Crippen molar-refractivity contribution in [2.24, 2.45) is 4.99 Å². The number of benzene rings is 1. The Morgan fingerprint density at radius 2 is 1.94 bits per heavy atom. The minimum atomic E-state index is -0.373. The predicted octanol–water partition coefficient (Wildman–Crippen LogP) is 4.80. The molecule has 8 heteroatoms. The zero-order chi connectivity index (χ0) is 22.8. The summed E-state index contributed by atoms with van der Waals surface area (Å²) >= 11 is 7.86. The van der Waals surface area contributed by atoms with Crippen LogP contribution in [0.1, 0.15) is 51.6 Å². The van der Waals surface area contributed by atoms with Gasteiger partial charge in [-0.25, -0.2) is 4.99 Å². The maximum absolute atomic E-state index is 13.6. The molecule has 32 heavy (non-hydrogen) atoms. The Morgan fingerprint density at radius 1 is 1.22 bits per heavy atom. The number of hydrogen-bond donors (Lipinski definition) is 0. The second kappa shape index (κ2) is 9.71. The van der Waals surface area contributed by atoms with Crippen LogP contribution >= 0.6 is 23.4 Å². The van der Waals surface area contributed by atoms with E-state index in [9.17, 15) is 9.59 Å². The van der Waals surface area contributed by atoms with E-state index in [4.69, 9.17) is 16.6 Å². The van der Waals surface area contributed by atoms with E-state index >= 15 is 0 Å². The lowest BCUT2D eigenvalue weighted by molar-refractivity contribution is -0.129. The van der Waals surface area contributed by atoms with Crippen molar-refractivity contribution < 1.29 is 9.59 Å². The molecule has 0 spiro atoms. The fraction of sp³-hybridized carbons (Fsp3) is 0.458. The highest BCUT2D eigenvalue weighted by Gasteiger charge is 2.41. The molecule has 0 aromatic heterocycles. The van der Waals surface area contributed by atoms with E-state index in [2.05, 4.69) is 4.90 Å². The third-order valence-electron chi connectivity index (χ3n) is 6.24. The predicted molar refractivity (Wildman–Crippen MR) is 130 cm³/mol. The maximum atomic E-state index is 13.6. The van der Waals surface area contributed by atoms with Crippen molar-refractivity contribution in [3.63, 3.8) is 0 Å². The number of likely N-dealkylation sites (N-methyl/N-ethyl adjacent to an activating group) is 1. The van der Waals surface area contributed by atoms with Gasteiger partial charge in [0.2, 0.25) is 5.91 Å². The summed E-state index contributed by atoms with van der Waals surface area (Å²) in [6.45, 7) is 8.74. The summed E-state index contributed by atoms with van der Waals surface area (Å²) < 4.78 is 0. The van der Waals surface area contributed by atoms with E-state index in [1.54, 1.807) is 0 Å². The van der Waals surface area contributed by atoms with Crippen molar-refractivity contribution in [1.29, 1.82) is 0 Å². The molecule has 2 amide bonds. The highest BCUT2D eigenvalue weighted by molar-refractivity contribution is 8.16. The van der Waals surface area contributed by atoms with Crippen LogP contribution in [-0.2, 0) is 9.59 Å². The first-order valence-corrected chi connectivity index (χ1v) is 12.5. The van der Waals surface area contributed by atoms with Gasteiger partial charge in [-0.05, 0) is 56.7 Å². The van der Waals surface area contributed by atoms with Gasteiger partial charge < -0.3 is 14.7 Å². The lowest BCUT2D eigenvalue weighted by Gasteiger charge is -2.38. The number of halogens is 1. The number of hydrogen-bond acceptors (Lipinski definition) is 5. The first-order valence-electron chi connectivity index (χ1n) is 11.2. The molecular weight excluding hydrogens is 444 g/mol. The van der Waals surface area contributed by atoms with E-state index in [1.165, 1.54) is 11.8 Å². The van der Waals surface area contributed by atoms with Crippen LogP contribution in [0.25, 0.3) is 0 Å². The molecule has 1 aromatic carbocycles. The number of nitrogens with zero attached hydrogens (tertiary/aromatic N) is 4. The molecule has 3 aliphatic rings. The summed E-state index contributed by atoms with van der Waals surface area (Å²) in [5.41, 5.74) is 3.16. The summed E-state index contributed by atoms with van der Waals surface area (Å²) in [4.78, 5) is 37.2. The first kappa shape index (κ1) is 22.9. The molecule has 6 nitrogen and oxygen atoms in total. The molecule has 0 bridgehead atoms. The highest BCUT2D eigenvalue weighted by Crippen LogP contribution is 2.45. The second-order valence-electron chi connectivity index (χ2n) is 8.19. The molecule has 0 aliphatic carbocycles. The molecular formula is C24H29ClN4O2S. The Kier molecular flexibility index (Phi) is 6.96. The standard InChI is InChI=1S/C24H29ClN4O2S/c1-4-27(5-2)23(31)21-16(3)26-24-29(22(21)17-9-8-10-18(25)13-17)19(15-32-24)14-20(30)28-11-6-7-12-28/h8-10,13,15,22H,4-7,11-12,14H2,1-3H3. The van der Waals surface area contributed by atoms with Gasteiger partial charge in [-0.3, -0.25) is 9.59 Å². The third-order valence-corrected chi connectivity index (χ3v) is 7.36. The van der Waals surface area contributed by atoms with Gasteiger partial charge >= 0.3 is 0 Å². The number of likely N-dealkylation sites (tertiary alicyclic amines) is 1. The number of thioether (sulfide) groups is 1. The Hall–Kier alpha value is -2.25. The number of allylic oxidation sites excluding steroid dienone is 1. The van der Waals surface area contributed by atoms with Crippen LogP contribution in [0.4, 0.5) is 0 Å². The molecule has 1 atom stereocenters. The number of rotatable bonds is 6. The topological polar surface area (TPSA) is 56.2 Å². The van der Waals surface area contributed by atoms with Crippen molar-refractivity contribution in [1.82, 2.24) is 14.7 Å². The van der Waals surface area contributed by atoms with Gasteiger partial charge in [0.15, 0.2) is 5.17 Å². The van der Waals surface area contributed by atoms with Crippen molar-refractivity contribution in [3.8, 4) is 0 Å². The van der Waals surface area contributed by atoms with Gasteiger partial charge in [0.25, 0.3) is 5.91 Å². The number of carbonyl (C=O) groups excluding carboxylic acids is 2. The Bertz CT molecular complexity index is 1010. The molecule has 0 saturated carbocycles. The zero-order valence-electron chi connectivity index (χ0n) is 18.8. The quantitative estimate of drug-likeness (QED) is 0.597. The smallest absolute Gasteiger partial charge is 0.254 e. The molecule has 1 unspecified atom stereocenters. The van der Waals surface area contributed by atoms with Gasteiger partial charge in [0.1, 0.15) is 0 Å². The van der Waals surface area contributed by atoms with Crippen LogP contribution in [0.5, 0.6) is 0 Å². The van der Waals surface area contributed by atoms with Crippen LogP contribution in [0.3, 0.4) is 0 Å². The van der Waals surface area contributed by atoms with Gasteiger partial charge in [0, 0.05) is 36.9 Å². The van der Waals surface area contributed by atoms with Crippen molar-refractivity contribution in [2.75, 3.05) is 26.2 Å². The zero-order valence-corrected chi connectivity index (χ0v) is 20.4. The van der Waals surface area contributed by atoms with Crippen molar-refractivity contribution in [3.05, 3.63) is 57.2 Å². The molecule has 0 N–H and O–H groups in total. The number of amidine groups is 1. The van der Waals surface area contributed by atoms with Crippen molar-refractivity contribution in [2.45, 2.75) is 46.1 Å². The summed E-state index contributed by atoms with van der Waals surface area (Å²) in [6.07, 6.45) is 2.42. The number of aliphatic imine (C=N–C) groups is 1. The minimum Gasteiger partial charge on any atom is -0.342 e. The lowest BCUT2D eigenvalue weighted by atomic mass is 9.92. The van der Waals surface area contributed by atoms with E-state index in [-0.39, 0.29) is 17.9 Å². The van der Waals surface area contributed by atoms with Crippen LogP contribution in [0, 0.1) is 0 Å². The van der Waals surface area contributed by atoms with Crippen LogP contribution in [-0.4, -0.2) is 57.9 Å². The fourth-order valence-electron chi connectivity index (χ4n) is 4.55. The summed E-state index contributed by atoms with van der Waals surface area (Å²) in [5.74, 6) is 0.103. The third kappa shape index (κ3) is 4.33. The average molecular weight is 473 g/mol. The molecule has 3 aliphatic heterocycles. The summed E-state index contributed by atoms with van der Waals surface area (Å²) in [6, 6.07) is 7.26. The average Bonchev–Trinajstić information content (AvgIpc) is 3.44. The van der Waals surface area contributed by atoms with Crippen LogP contribution < -0.4 is 0 Å². The Morgan fingerprint density at radius 3 is 2.59 bits per heavy atom. The SMILES string of the molecule is CCN(CC)C(=O)C1=C(C)N=C2SC=C(CC(=O)N3CCCC3)N2C1c1cccc(Cl)c1. The number of amides is 2. The lowest BCUT2D eigenvalue weighted by Crippen LogP contribution is -2.42. The normalized spacial score (nSPS) is 20.3. The molecule has 1 fully saturated rings. The molecule has 1 aromatic rings. The van der Waals surface area contributed by atoms with Gasteiger partial charge in [0.05, 0.1) is 23.7 Å².